The molecule has 2 N–H and O–H groups in total. The van der Waals surface area contributed by atoms with E-state index in [0.29, 0.717) is 11.7 Å². The first-order valence-electron chi connectivity index (χ1n) is 6.96. The minimum absolute atomic E-state index is 0.0206. The van der Waals surface area contributed by atoms with Gasteiger partial charge in [-0.2, -0.15) is 11.8 Å². The van der Waals surface area contributed by atoms with Gasteiger partial charge >= 0.3 is 12.0 Å². The van der Waals surface area contributed by atoms with Gasteiger partial charge in [-0.05, 0) is 19.3 Å². The normalized spacial score (nSPS) is 31.8. The Labute approximate surface area is 118 Å². The average molecular weight is 286 g/mol. The minimum atomic E-state index is -0.734. The fraction of sp³-hybridized carbons (Fsp3) is 0.846. The summed E-state index contributed by atoms with van der Waals surface area (Å²) in [5.74, 6) is -0.0476. The molecule has 0 radical (unpaired) electrons. The van der Waals surface area contributed by atoms with Crippen LogP contribution in [0.2, 0.25) is 0 Å². The molecule has 0 bridgehead atoms. The molecule has 0 aromatic heterocycles. The van der Waals surface area contributed by atoms with Crippen LogP contribution in [0.15, 0.2) is 0 Å². The molecule has 3 unspecified atom stereocenters. The van der Waals surface area contributed by atoms with Crippen molar-refractivity contribution in [2.75, 3.05) is 18.8 Å². The maximum Gasteiger partial charge on any atom is 0.317 e. The fourth-order valence-corrected chi connectivity index (χ4v) is 3.83. The van der Waals surface area contributed by atoms with Crippen molar-refractivity contribution in [3.8, 4) is 0 Å². The molecule has 6 heteroatoms. The number of carbonyl (C=O) groups excluding carboxylic acids is 1. The monoisotopic (exact) mass is 286 g/mol. The van der Waals surface area contributed by atoms with Gasteiger partial charge in [-0.3, -0.25) is 4.79 Å². The van der Waals surface area contributed by atoms with Crippen LogP contribution in [0.4, 0.5) is 4.79 Å². The van der Waals surface area contributed by atoms with Gasteiger partial charge in [0.15, 0.2) is 0 Å². The van der Waals surface area contributed by atoms with Crippen molar-refractivity contribution >= 4 is 23.8 Å². The van der Waals surface area contributed by atoms with Crippen molar-refractivity contribution in [1.29, 1.82) is 0 Å². The van der Waals surface area contributed by atoms with Crippen LogP contribution in [-0.2, 0) is 4.79 Å². The molecule has 1 saturated carbocycles. The predicted molar refractivity (Wildman–Crippen MR) is 75.4 cm³/mol. The van der Waals surface area contributed by atoms with Crippen molar-refractivity contribution in [2.24, 2.45) is 5.92 Å². The number of carboxylic acid groups (broad SMARTS) is 1. The van der Waals surface area contributed by atoms with Crippen LogP contribution < -0.4 is 5.32 Å². The number of thioether (sulfide) groups is 1. The summed E-state index contributed by atoms with van der Waals surface area (Å²) in [7, 11) is 0. The van der Waals surface area contributed by atoms with Crippen LogP contribution in [0, 0.1) is 5.92 Å². The first-order chi connectivity index (χ1) is 9.06. The number of aliphatic carboxylic acids is 1. The Morgan fingerprint density at radius 1 is 1.37 bits per heavy atom. The molecule has 1 aliphatic carbocycles. The number of nitrogens with one attached hydrogen (secondary N) is 1. The Morgan fingerprint density at radius 3 is 2.84 bits per heavy atom. The molecule has 2 amide bonds. The van der Waals surface area contributed by atoms with E-state index in [1.807, 2.05) is 16.7 Å². The lowest BCUT2D eigenvalue weighted by atomic mass is 9.86. The SMILES string of the molecule is CC1CN(C(=O)NC2CCCC(C(=O)O)C2)CCS1. The lowest BCUT2D eigenvalue weighted by molar-refractivity contribution is -0.143. The third kappa shape index (κ3) is 4.03. The number of nitrogens with zero attached hydrogens (tertiary/aromatic N) is 1. The first kappa shape index (κ1) is 14.5. The highest BCUT2D eigenvalue weighted by Crippen LogP contribution is 2.25. The van der Waals surface area contributed by atoms with E-state index in [4.69, 9.17) is 5.11 Å². The molecule has 108 valence electrons. The van der Waals surface area contributed by atoms with Crippen LogP contribution >= 0.6 is 11.8 Å². The summed E-state index contributed by atoms with van der Waals surface area (Å²) in [6.07, 6.45) is 3.08. The highest BCUT2D eigenvalue weighted by Gasteiger charge is 2.29. The summed E-state index contributed by atoms with van der Waals surface area (Å²) in [6.45, 7) is 3.70. The Hall–Kier alpha value is -0.910. The second-order valence-corrected chi connectivity index (χ2v) is 7.02. The van der Waals surface area contributed by atoms with Crippen molar-refractivity contribution in [3.05, 3.63) is 0 Å². The molecule has 1 aliphatic heterocycles. The fourth-order valence-electron chi connectivity index (χ4n) is 2.81. The maximum absolute atomic E-state index is 12.1. The van der Waals surface area contributed by atoms with Gasteiger partial charge in [0.1, 0.15) is 0 Å². The zero-order chi connectivity index (χ0) is 13.8. The Morgan fingerprint density at radius 2 is 2.16 bits per heavy atom. The Balaban J connectivity index is 1.82. The largest absolute Gasteiger partial charge is 0.481 e. The van der Waals surface area contributed by atoms with Gasteiger partial charge in [0.2, 0.25) is 0 Å². The van der Waals surface area contributed by atoms with E-state index in [9.17, 15) is 9.59 Å². The van der Waals surface area contributed by atoms with Crippen molar-refractivity contribution in [2.45, 2.75) is 43.9 Å². The lowest BCUT2D eigenvalue weighted by Crippen LogP contribution is -2.50. The van der Waals surface area contributed by atoms with Crippen LogP contribution in [0.3, 0.4) is 0 Å². The second kappa shape index (κ2) is 6.50. The number of carbonyl (C=O) groups is 2. The van der Waals surface area contributed by atoms with Crippen LogP contribution in [0.1, 0.15) is 32.6 Å². The Bertz CT molecular complexity index is 351. The number of rotatable bonds is 2. The molecule has 0 aromatic carbocycles. The van der Waals surface area contributed by atoms with E-state index >= 15 is 0 Å². The van der Waals surface area contributed by atoms with Crippen molar-refractivity contribution in [3.63, 3.8) is 0 Å². The van der Waals surface area contributed by atoms with Crippen LogP contribution in [0.5, 0.6) is 0 Å². The second-order valence-electron chi connectivity index (χ2n) is 5.48. The summed E-state index contributed by atoms with van der Waals surface area (Å²) in [4.78, 5) is 25.0. The Kier molecular flexibility index (Phi) is 4.96. The van der Waals surface area contributed by atoms with E-state index < -0.39 is 5.97 Å². The van der Waals surface area contributed by atoms with Gasteiger partial charge in [-0.25, -0.2) is 4.79 Å². The summed E-state index contributed by atoms with van der Waals surface area (Å²) in [5, 5.41) is 12.5. The van der Waals surface area contributed by atoms with Gasteiger partial charge in [-0.15, -0.1) is 0 Å². The lowest BCUT2D eigenvalue weighted by Gasteiger charge is -2.34. The quantitative estimate of drug-likeness (QED) is 0.812. The molecule has 5 nitrogen and oxygen atoms in total. The standard InChI is InChI=1S/C13H22N2O3S/c1-9-8-15(5-6-19-9)13(18)14-11-4-2-3-10(7-11)12(16)17/h9-11H,2-8H2,1H3,(H,14,18)(H,16,17). The highest BCUT2D eigenvalue weighted by molar-refractivity contribution is 7.99. The number of urea groups is 1. The number of hydrogen-bond donors (Lipinski definition) is 2. The van der Waals surface area contributed by atoms with Gasteiger partial charge < -0.3 is 15.3 Å². The molecule has 3 atom stereocenters. The van der Waals surface area contributed by atoms with E-state index in [2.05, 4.69) is 12.2 Å². The third-order valence-electron chi connectivity index (χ3n) is 3.88. The van der Waals surface area contributed by atoms with Crippen molar-refractivity contribution < 1.29 is 14.7 Å². The summed E-state index contributed by atoms with van der Waals surface area (Å²) >= 11 is 1.89. The summed E-state index contributed by atoms with van der Waals surface area (Å²) < 4.78 is 0. The molecule has 2 rings (SSSR count). The van der Waals surface area contributed by atoms with Crippen LogP contribution in [0.25, 0.3) is 0 Å². The molecule has 1 heterocycles. The van der Waals surface area contributed by atoms with Crippen LogP contribution in [-0.4, -0.2) is 52.1 Å². The molecular formula is C13H22N2O3S. The van der Waals surface area contributed by atoms with Gasteiger partial charge in [0.05, 0.1) is 5.92 Å². The highest BCUT2D eigenvalue weighted by atomic mass is 32.2. The van der Waals surface area contributed by atoms with Gasteiger partial charge in [0, 0.05) is 30.1 Å². The molecule has 2 fully saturated rings. The number of carboxylic acids is 1. The molecule has 2 aliphatic rings. The average Bonchev–Trinajstić information content (AvgIpc) is 2.39. The third-order valence-corrected chi connectivity index (χ3v) is 5.02. The molecular weight excluding hydrogens is 264 g/mol. The predicted octanol–water partition coefficient (Wildman–Crippen LogP) is 1.78. The zero-order valence-electron chi connectivity index (χ0n) is 11.3. The maximum atomic E-state index is 12.1. The van der Waals surface area contributed by atoms with Gasteiger partial charge in [-0.1, -0.05) is 13.3 Å². The number of hydrogen-bond acceptors (Lipinski definition) is 3. The van der Waals surface area contributed by atoms with E-state index in [1.165, 1.54) is 0 Å². The minimum Gasteiger partial charge on any atom is -0.481 e. The first-order valence-corrected chi connectivity index (χ1v) is 8.01. The van der Waals surface area contributed by atoms with Gasteiger partial charge in [0.25, 0.3) is 0 Å². The van der Waals surface area contributed by atoms with Crippen molar-refractivity contribution in [1.82, 2.24) is 10.2 Å². The summed E-state index contributed by atoms with van der Waals surface area (Å²) in [6, 6.07) is -0.00424. The van der Waals surface area contributed by atoms with E-state index in [-0.39, 0.29) is 18.0 Å². The molecule has 1 saturated heterocycles. The number of amides is 2. The van der Waals surface area contributed by atoms with E-state index in [0.717, 1.165) is 38.1 Å². The zero-order valence-corrected chi connectivity index (χ0v) is 12.1. The molecule has 0 spiro atoms. The topological polar surface area (TPSA) is 69.6 Å². The summed E-state index contributed by atoms with van der Waals surface area (Å²) in [5.41, 5.74) is 0. The smallest absolute Gasteiger partial charge is 0.317 e. The molecule has 0 aromatic rings. The van der Waals surface area contributed by atoms with E-state index in [1.54, 1.807) is 0 Å². The molecule has 19 heavy (non-hydrogen) atoms.